The van der Waals surface area contributed by atoms with Gasteiger partial charge in [-0.15, -0.1) is 0 Å². The summed E-state index contributed by atoms with van der Waals surface area (Å²) in [6, 6.07) is 5.69. The molecule has 0 saturated carbocycles. The number of nitrogen functional groups attached to an aromatic ring is 1. The molecule has 1 atom stereocenters. The molecule has 74 valence electrons. The van der Waals surface area contributed by atoms with Gasteiger partial charge < -0.3 is 10.2 Å². The molecule has 0 aliphatic rings. The third-order valence-electron chi connectivity index (χ3n) is 2.24. The van der Waals surface area contributed by atoms with Gasteiger partial charge in [0.25, 0.3) is 0 Å². The molecule has 0 aliphatic heterocycles. The number of furan rings is 1. The molecule has 2 N–H and O–H groups in total. The SMILES string of the molecule is Cc1ccc(C(C)n2nccc2N)o1. The molecular weight excluding hydrogens is 178 g/mol. The molecule has 2 aromatic rings. The molecule has 0 spiro atoms. The first-order chi connectivity index (χ1) is 6.68. The Morgan fingerprint density at radius 3 is 2.71 bits per heavy atom. The number of rotatable bonds is 2. The quantitative estimate of drug-likeness (QED) is 0.789. The number of aromatic nitrogens is 2. The zero-order valence-corrected chi connectivity index (χ0v) is 8.27. The lowest BCUT2D eigenvalue weighted by molar-refractivity contribution is 0.414. The maximum atomic E-state index is 5.74. The van der Waals surface area contributed by atoms with E-state index < -0.39 is 0 Å². The number of hydrogen-bond donors (Lipinski definition) is 1. The van der Waals surface area contributed by atoms with Crippen LogP contribution in [0.1, 0.15) is 24.5 Å². The van der Waals surface area contributed by atoms with E-state index in [-0.39, 0.29) is 6.04 Å². The number of nitrogens with two attached hydrogens (primary N) is 1. The summed E-state index contributed by atoms with van der Waals surface area (Å²) in [5.41, 5.74) is 5.74. The predicted molar refractivity (Wildman–Crippen MR) is 53.9 cm³/mol. The van der Waals surface area contributed by atoms with Gasteiger partial charge in [0, 0.05) is 0 Å². The van der Waals surface area contributed by atoms with Gasteiger partial charge in [-0.25, -0.2) is 4.68 Å². The van der Waals surface area contributed by atoms with Crippen LogP contribution in [0.5, 0.6) is 0 Å². The van der Waals surface area contributed by atoms with Gasteiger partial charge in [-0.2, -0.15) is 5.10 Å². The summed E-state index contributed by atoms with van der Waals surface area (Å²) in [5, 5.41) is 4.13. The summed E-state index contributed by atoms with van der Waals surface area (Å²) in [6.45, 7) is 3.92. The van der Waals surface area contributed by atoms with Crippen molar-refractivity contribution in [3.05, 3.63) is 35.9 Å². The lowest BCUT2D eigenvalue weighted by atomic mass is 10.2. The van der Waals surface area contributed by atoms with E-state index in [1.165, 1.54) is 0 Å². The number of anilines is 1. The Morgan fingerprint density at radius 2 is 2.21 bits per heavy atom. The standard InChI is InChI=1S/C10H13N3O/c1-7-3-4-9(14-7)8(2)13-10(11)5-6-12-13/h3-6,8H,11H2,1-2H3. The molecule has 1 unspecified atom stereocenters. The molecule has 0 bridgehead atoms. The first-order valence-electron chi connectivity index (χ1n) is 4.54. The molecule has 14 heavy (non-hydrogen) atoms. The lowest BCUT2D eigenvalue weighted by Crippen LogP contribution is -2.10. The fraction of sp³-hybridized carbons (Fsp3) is 0.300. The Hall–Kier alpha value is -1.71. The van der Waals surface area contributed by atoms with Gasteiger partial charge >= 0.3 is 0 Å². The minimum absolute atomic E-state index is 0.0405. The summed E-state index contributed by atoms with van der Waals surface area (Å²) in [5.74, 6) is 2.42. The van der Waals surface area contributed by atoms with Crippen LogP contribution in [0.25, 0.3) is 0 Å². The molecule has 0 aliphatic carbocycles. The Bertz CT molecular complexity index is 430. The van der Waals surface area contributed by atoms with Crippen LogP contribution < -0.4 is 5.73 Å². The third kappa shape index (κ3) is 1.39. The average molecular weight is 191 g/mol. The smallest absolute Gasteiger partial charge is 0.128 e. The van der Waals surface area contributed by atoms with Crippen molar-refractivity contribution in [3.63, 3.8) is 0 Å². The molecule has 2 heterocycles. The van der Waals surface area contributed by atoms with E-state index >= 15 is 0 Å². The van der Waals surface area contributed by atoms with E-state index in [1.54, 1.807) is 16.9 Å². The largest absolute Gasteiger partial charge is 0.464 e. The van der Waals surface area contributed by atoms with Gasteiger partial charge in [0.05, 0.1) is 6.20 Å². The fourth-order valence-corrected chi connectivity index (χ4v) is 1.45. The molecule has 2 rings (SSSR count). The molecule has 0 radical (unpaired) electrons. The van der Waals surface area contributed by atoms with Crippen molar-refractivity contribution in [2.45, 2.75) is 19.9 Å². The van der Waals surface area contributed by atoms with Crippen LogP contribution in [0.2, 0.25) is 0 Å². The summed E-state index contributed by atoms with van der Waals surface area (Å²) < 4.78 is 7.24. The normalized spacial score (nSPS) is 13.0. The van der Waals surface area contributed by atoms with Gasteiger partial charge in [0.15, 0.2) is 0 Å². The molecule has 0 aromatic carbocycles. The lowest BCUT2D eigenvalue weighted by Gasteiger charge is -2.10. The highest BCUT2D eigenvalue weighted by Crippen LogP contribution is 2.21. The van der Waals surface area contributed by atoms with Gasteiger partial charge in [0.2, 0.25) is 0 Å². The van der Waals surface area contributed by atoms with E-state index in [0.717, 1.165) is 11.5 Å². The summed E-state index contributed by atoms with van der Waals surface area (Å²) >= 11 is 0. The Balaban J connectivity index is 2.33. The zero-order valence-electron chi connectivity index (χ0n) is 8.27. The van der Waals surface area contributed by atoms with Gasteiger partial charge in [0.1, 0.15) is 23.4 Å². The van der Waals surface area contributed by atoms with E-state index in [0.29, 0.717) is 5.82 Å². The van der Waals surface area contributed by atoms with E-state index in [2.05, 4.69) is 5.10 Å². The Labute approximate surface area is 82.3 Å². The topological polar surface area (TPSA) is 57.0 Å². The van der Waals surface area contributed by atoms with E-state index in [1.807, 2.05) is 26.0 Å². The molecular formula is C10H13N3O. The second-order valence-electron chi connectivity index (χ2n) is 3.33. The van der Waals surface area contributed by atoms with Crippen molar-refractivity contribution in [3.8, 4) is 0 Å². The van der Waals surface area contributed by atoms with Crippen LogP contribution in [0.15, 0.2) is 28.8 Å². The van der Waals surface area contributed by atoms with Crippen LogP contribution >= 0.6 is 0 Å². The Morgan fingerprint density at radius 1 is 1.43 bits per heavy atom. The van der Waals surface area contributed by atoms with E-state index in [9.17, 15) is 0 Å². The van der Waals surface area contributed by atoms with Crippen LogP contribution in [0.3, 0.4) is 0 Å². The van der Waals surface area contributed by atoms with Gasteiger partial charge in [-0.1, -0.05) is 0 Å². The second kappa shape index (κ2) is 3.21. The minimum Gasteiger partial charge on any atom is -0.464 e. The molecule has 0 fully saturated rings. The van der Waals surface area contributed by atoms with Crippen LogP contribution in [0, 0.1) is 6.92 Å². The zero-order chi connectivity index (χ0) is 10.1. The molecule has 2 aromatic heterocycles. The van der Waals surface area contributed by atoms with Gasteiger partial charge in [-0.3, -0.25) is 0 Å². The summed E-state index contributed by atoms with van der Waals surface area (Å²) in [4.78, 5) is 0. The van der Waals surface area contributed by atoms with Crippen LogP contribution in [0.4, 0.5) is 5.82 Å². The number of hydrogen-bond acceptors (Lipinski definition) is 3. The molecule has 0 amide bonds. The number of nitrogens with zero attached hydrogens (tertiary/aromatic N) is 2. The van der Waals surface area contributed by atoms with Crippen LogP contribution in [-0.4, -0.2) is 9.78 Å². The van der Waals surface area contributed by atoms with Crippen molar-refractivity contribution >= 4 is 5.82 Å². The van der Waals surface area contributed by atoms with Crippen molar-refractivity contribution in [2.24, 2.45) is 0 Å². The molecule has 0 saturated heterocycles. The monoisotopic (exact) mass is 191 g/mol. The van der Waals surface area contributed by atoms with Gasteiger partial charge in [-0.05, 0) is 32.0 Å². The first kappa shape index (κ1) is 8.87. The van der Waals surface area contributed by atoms with Crippen molar-refractivity contribution in [2.75, 3.05) is 5.73 Å². The second-order valence-corrected chi connectivity index (χ2v) is 3.33. The highest BCUT2D eigenvalue weighted by molar-refractivity contribution is 5.28. The Kier molecular flexibility index (Phi) is 2.04. The fourth-order valence-electron chi connectivity index (χ4n) is 1.45. The van der Waals surface area contributed by atoms with Crippen molar-refractivity contribution in [1.29, 1.82) is 0 Å². The van der Waals surface area contributed by atoms with Crippen molar-refractivity contribution < 1.29 is 4.42 Å². The van der Waals surface area contributed by atoms with Crippen molar-refractivity contribution in [1.82, 2.24) is 9.78 Å². The molecule has 4 nitrogen and oxygen atoms in total. The number of aryl methyl sites for hydroxylation is 1. The maximum absolute atomic E-state index is 5.74. The minimum atomic E-state index is 0.0405. The molecule has 4 heteroatoms. The predicted octanol–water partition coefficient (Wildman–Crippen LogP) is 1.98. The highest BCUT2D eigenvalue weighted by Gasteiger charge is 2.13. The van der Waals surface area contributed by atoms with Crippen LogP contribution in [-0.2, 0) is 0 Å². The summed E-state index contributed by atoms with van der Waals surface area (Å²) in [6.07, 6.45) is 1.68. The highest BCUT2D eigenvalue weighted by atomic mass is 16.3. The van der Waals surface area contributed by atoms with E-state index in [4.69, 9.17) is 10.2 Å². The maximum Gasteiger partial charge on any atom is 0.128 e. The average Bonchev–Trinajstić information content (AvgIpc) is 2.73. The summed E-state index contributed by atoms with van der Waals surface area (Å²) in [7, 11) is 0. The third-order valence-corrected chi connectivity index (χ3v) is 2.24. The first-order valence-corrected chi connectivity index (χ1v) is 4.54.